The van der Waals surface area contributed by atoms with E-state index in [0.717, 1.165) is 12.3 Å². The Morgan fingerprint density at radius 2 is 2.05 bits per heavy atom. The van der Waals surface area contributed by atoms with E-state index in [9.17, 15) is 23.3 Å². The summed E-state index contributed by atoms with van der Waals surface area (Å²) in [6, 6.07) is 3.65. The summed E-state index contributed by atoms with van der Waals surface area (Å²) in [6.07, 6.45) is 0.997. The number of nitro groups is 1. The highest BCUT2D eigenvalue weighted by molar-refractivity contribution is 7.88. The number of amides is 1. The SMILES string of the molecule is CS(=O)(=O)NCCNC(=O)c1ccc(Cl)c([N+](=O)[O-])c1. The van der Waals surface area contributed by atoms with Gasteiger partial charge in [0.05, 0.1) is 11.2 Å². The van der Waals surface area contributed by atoms with E-state index >= 15 is 0 Å². The average Bonchev–Trinajstić information content (AvgIpc) is 2.33. The molecular formula is C10H12ClN3O5S. The molecule has 0 unspecified atom stereocenters. The molecule has 2 N–H and O–H groups in total. The highest BCUT2D eigenvalue weighted by Crippen LogP contribution is 2.24. The minimum Gasteiger partial charge on any atom is -0.351 e. The molecule has 110 valence electrons. The molecule has 0 fully saturated rings. The molecule has 0 aliphatic rings. The second-order valence-corrected chi connectivity index (χ2v) is 6.09. The van der Waals surface area contributed by atoms with Gasteiger partial charge in [0.2, 0.25) is 10.0 Å². The summed E-state index contributed by atoms with van der Waals surface area (Å²) < 4.78 is 23.8. The number of nitro benzene ring substituents is 1. The predicted octanol–water partition coefficient (Wildman–Crippen LogP) is 0.527. The van der Waals surface area contributed by atoms with Gasteiger partial charge in [0.25, 0.3) is 11.6 Å². The summed E-state index contributed by atoms with van der Waals surface area (Å²) >= 11 is 5.62. The smallest absolute Gasteiger partial charge is 0.288 e. The number of sulfonamides is 1. The Morgan fingerprint density at radius 3 is 2.60 bits per heavy atom. The molecule has 0 heterocycles. The third-order valence-corrected chi connectivity index (χ3v) is 3.23. The van der Waals surface area contributed by atoms with Gasteiger partial charge in [-0.15, -0.1) is 0 Å². The lowest BCUT2D eigenvalue weighted by atomic mass is 10.2. The standard InChI is InChI=1S/C10H12ClN3O5S/c1-20(18,19)13-5-4-12-10(15)7-2-3-8(11)9(6-7)14(16)17/h2-3,6,13H,4-5H2,1H3,(H,12,15). The van der Waals surface area contributed by atoms with Crippen molar-refractivity contribution in [3.63, 3.8) is 0 Å². The van der Waals surface area contributed by atoms with Gasteiger partial charge in [0.15, 0.2) is 0 Å². The Kier molecular flexibility index (Phi) is 5.43. The van der Waals surface area contributed by atoms with Crippen LogP contribution in [0.3, 0.4) is 0 Å². The van der Waals surface area contributed by atoms with E-state index in [4.69, 9.17) is 11.6 Å². The fourth-order valence-electron chi connectivity index (χ4n) is 1.31. The molecule has 1 amide bonds. The number of nitrogens with zero attached hydrogens (tertiary/aromatic N) is 1. The second-order valence-electron chi connectivity index (χ2n) is 3.85. The minimum absolute atomic E-state index is 0.0280. The Labute approximate surface area is 120 Å². The topological polar surface area (TPSA) is 118 Å². The van der Waals surface area contributed by atoms with E-state index in [1.54, 1.807) is 0 Å². The molecule has 20 heavy (non-hydrogen) atoms. The van der Waals surface area contributed by atoms with E-state index in [1.807, 2.05) is 0 Å². The predicted molar refractivity (Wildman–Crippen MR) is 73.3 cm³/mol. The van der Waals surface area contributed by atoms with E-state index in [-0.39, 0.29) is 29.4 Å². The summed E-state index contributed by atoms with van der Waals surface area (Å²) in [4.78, 5) is 21.7. The lowest BCUT2D eigenvalue weighted by molar-refractivity contribution is -0.384. The van der Waals surface area contributed by atoms with Crippen LogP contribution in [0, 0.1) is 10.1 Å². The molecule has 0 aromatic heterocycles. The number of carbonyl (C=O) groups excluding carboxylic acids is 1. The van der Waals surface area contributed by atoms with E-state index in [2.05, 4.69) is 10.0 Å². The summed E-state index contributed by atoms with van der Waals surface area (Å²) in [5.41, 5.74) is -0.297. The van der Waals surface area contributed by atoms with Crippen LogP contribution in [-0.4, -0.2) is 38.6 Å². The first-order valence-electron chi connectivity index (χ1n) is 5.37. The second kappa shape index (κ2) is 6.64. The molecule has 0 saturated carbocycles. The van der Waals surface area contributed by atoms with E-state index < -0.39 is 20.9 Å². The summed E-state index contributed by atoms with van der Waals surface area (Å²) in [5.74, 6) is -0.555. The molecule has 8 nitrogen and oxygen atoms in total. The normalized spacial score (nSPS) is 11.1. The number of nitrogens with one attached hydrogen (secondary N) is 2. The largest absolute Gasteiger partial charge is 0.351 e. The lowest BCUT2D eigenvalue weighted by Crippen LogP contribution is -2.34. The lowest BCUT2D eigenvalue weighted by Gasteiger charge is -2.06. The number of rotatable bonds is 6. The first-order chi connectivity index (χ1) is 9.20. The fraction of sp³-hybridized carbons (Fsp3) is 0.300. The van der Waals surface area contributed by atoms with Gasteiger partial charge in [-0.3, -0.25) is 14.9 Å². The highest BCUT2D eigenvalue weighted by atomic mass is 35.5. The molecule has 1 aromatic carbocycles. The third kappa shape index (κ3) is 5.11. The Hall–Kier alpha value is -1.71. The minimum atomic E-state index is -3.32. The third-order valence-electron chi connectivity index (χ3n) is 2.18. The van der Waals surface area contributed by atoms with Gasteiger partial charge < -0.3 is 5.32 Å². The molecule has 0 spiro atoms. The molecule has 0 radical (unpaired) electrons. The zero-order valence-corrected chi connectivity index (χ0v) is 12.0. The molecule has 0 bridgehead atoms. The van der Waals surface area contributed by atoms with Crippen LogP contribution in [0.2, 0.25) is 5.02 Å². The monoisotopic (exact) mass is 321 g/mol. The molecule has 10 heteroatoms. The molecule has 1 aromatic rings. The Bertz CT molecular complexity index is 632. The maximum atomic E-state index is 11.7. The van der Waals surface area contributed by atoms with Gasteiger partial charge in [-0.25, -0.2) is 13.1 Å². The molecule has 0 saturated heterocycles. The van der Waals surface area contributed by atoms with Gasteiger partial charge in [0, 0.05) is 24.7 Å². The number of halogens is 1. The maximum absolute atomic E-state index is 11.7. The maximum Gasteiger partial charge on any atom is 0.288 e. The van der Waals surface area contributed by atoms with Crippen LogP contribution in [0.4, 0.5) is 5.69 Å². The first kappa shape index (κ1) is 16.3. The fourth-order valence-corrected chi connectivity index (χ4v) is 1.97. The summed E-state index contributed by atoms with van der Waals surface area (Å²) in [5, 5.41) is 13.0. The number of carbonyl (C=O) groups is 1. The van der Waals surface area contributed by atoms with Crippen molar-refractivity contribution in [2.75, 3.05) is 19.3 Å². The quantitative estimate of drug-likeness (QED) is 0.450. The number of hydrogen-bond donors (Lipinski definition) is 2. The van der Waals surface area contributed by atoms with Crippen molar-refractivity contribution in [2.24, 2.45) is 0 Å². The van der Waals surface area contributed by atoms with Gasteiger partial charge >= 0.3 is 0 Å². The molecule has 1 rings (SSSR count). The van der Waals surface area contributed by atoms with Gasteiger partial charge in [0.1, 0.15) is 5.02 Å². The first-order valence-corrected chi connectivity index (χ1v) is 7.64. The van der Waals surface area contributed by atoms with Crippen LogP contribution >= 0.6 is 11.6 Å². The van der Waals surface area contributed by atoms with Crippen molar-refractivity contribution in [1.29, 1.82) is 0 Å². The zero-order valence-electron chi connectivity index (χ0n) is 10.4. The van der Waals surface area contributed by atoms with Crippen molar-refractivity contribution >= 4 is 33.2 Å². The molecule has 0 atom stereocenters. The van der Waals surface area contributed by atoms with Gasteiger partial charge in [-0.1, -0.05) is 11.6 Å². The number of hydrogen-bond acceptors (Lipinski definition) is 5. The van der Waals surface area contributed by atoms with Gasteiger partial charge in [-0.05, 0) is 12.1 Å². The summed E-state index contributed by atoms with van der Waals surface area (Å²) in [6.45, 7) is 0.0859. The van der Waals surface area contributed by atoms with Crippen molar-refractivity contribution in [3.8, 4) is 0 Å². The highest BCUT2D eigenvalue weighted by Gasteiger charge is 2.16. The van der Waals surface area contributed by atoms with Crippen LogP contribution in [0.1, 0.15) is 10.4 Å². The number of benzene rings is 1. The summed E-state index contributed by atoms with van der Waals surface area (Å²) in [7, 11) is -3.32. The van der Waals surface area contributed by atoms with Crippen molar-refractivity contribution < 1.29 is 18.1 Å². The van der Waals surface area contributed by atoms with Crippen LogP contribution in [0.5, 0.6) is 0 Å². The molecular weight excluding hydrogens is 310 g/mol. The van der Waals surface area contributed by atoms with Crippen molar-refractivity contribution in [2.45, 2.75) is 0 Å². The van der Waals surface area contributed by atoms with Crippen LogP contribution in [0.15, 0.2) is 18.2 Å². The van der Waals surface area contributed by atoms with Crippen LogP contribution < -0.4 is 10.0 Å². The van der Waals surface area contributed by atoms with E-state index in [0.29, 0.717) is 0 Å². The van der Waals surface area contributed by atoms with Crippen LogP contribution in [0.25, 0.3) is 0 Å². The molecule has 0 aliphatic carbocycles. The average molecular weight is 322 g/mol. The van der Waals surface area contributed by atoms with Crippen molar-refractivity contribution in [3.05, 3.63) is 38.9 Å². The van der Waals surface area contributed by atoms with Gasteiger partial charge in [-0.2, -0.15) is 0 Å². The zero-order chi connectivity index (χ0) is 15.3. The Morgan fingerprint density at radius 1 is 1.40 bits per heavy atom. The van der Waals surface area contributed by atoms with Crippen molar-refractivity contribution in [1.82, 2.24) is 10.0 Å². The Balaban J connectivity index is 2.64. The van der Waals surface area contributed by atoms with E-state index in [1.165, 1.54) is 12.1 Å². The van der Waals surface area contributed by atoms with Crippen LogP contribution in [-0.2, 0) is 10.0 Å². The molecule has 0 aliphatic heterocycles.